The highest BCUT2D eigenvalue weighted by molar-refractivity contribution is 5.50. The Labute approximate surface area is 104 Å². The lowest BCUT2D eigenvalue weighted by molar-refractivity contribution is 0.367. The number of aryl methyl sites for hydroxylation is 1. The normalized spacial score (nSPS) is 11.6. The summed E-state index contributed by atoms with van der Waals surface area (Å²) >= 11 is 0. The van der Waals surface area contributed by atoms with Gasteiger partial charge in [0, 0.05) is 0 Å². The van der Waals surface area contributed by atoms with Gasteiger partial charge >= 0.3 is 0 Å². The number of ether oxygens (including phenoxy) is 1. The van der Waals surface area contributed by atoms with Crippen molar-refractivity contribution in [1.29, 1.82) is 0 Å². The highest BCUT2D eigenvalue weighted by atomic mass is 16.5. The molecule has 0 aliphatic rings. The number of nitrogens with two attached hydrogens (primary N) is 1. The van der Waals surface area contributed by atoms with E-state index in [1.165, 1.54) is 0 Å². The molecule has 0 radical (unpaired) electrons. The molecule has 3 N–H and O–H groups in total. The minimum atomic E-state index is 0.0151. The Balaban J connectivity index is 3.19. The van der Waals surface area contributed by atoms with E-state index in [9.17, 15) is 5.11 Å². The molecule has 0 amide bonds. The van der Waals surface area contributed by atoms with Crippen LogP contribution in [0.25, 0.3) is 0 Å². The third-order valence-corrected chi connectivity index (χ3v) is 2.87. The summed E-state index contributed by atoms with van der Waals surface area (Å²) in [4.78, 5) is 0. The standard InChI is InChI=1S/C14H23NO2/c1-14(2,3)11-8-10(6-5-7-15)13(17-4)12(16)9-11/h8-9,16H,5-7,15H2,1-4H3. The fraction of sp³-hybridized carbons (Fsp3) is 0.571. The minimum Gasteiger partial charge on any atom is -0.504 e. The second-order valence-corrected chi connectivity index (χ2v) is 5.33. The average Bonchev–Trinajstić information content (AvgIpc) is 2.24. The maximum atomic E-state index is 9.98. The fourth-order valence-electron chi connectivity index (χ4n) is 1.82. The van der Waals surface area contributed by atoms with Crippen LogP contribution in [-0.4, -0.2) is 18.8 Å². The molecule has 0 aliphatic carbocycles. The van der Waals surface area contributed by atoms with Gasteiger partial charge in [0.25, 0.3) is 0 Å². The summed E-state index contributed by atoms with van der Waals surface area (Å²) in [5.41, 5.74) is 7.69. The molecule has 0 aromatic heterocycles. The Bertz CT molecular complexity index is 381. The molecular formula is C14H23NO2. The maximum Gasteiger partial charge on any atom is 0.163 e. The second kappa shape index (κ2) is 5.41. The van der Waals surface area contributed by atoms with Crippen molar-refractivity contribution in [2.24, 2.45) is 5.73 Å². The van der Waals surface area contributed by atoms with Crippen LogP contribution in [0.15, 0.2) is 12.1 Å². The van der Waals surface area contributed by atoms with E-state index in [1.54, 1.807) is 13.2 Å². The number of phenolic OH excluding ortho intramolecular Hbond substituents is 1. The van der Waals surface area contributed by atoms with Crippen LogP contribution in [0.1, 0.15) is 38.3 Å². The van der Waals surface area contributed by atoms with Gasteiger partial charge in [-0.25, -0.2) is 0 Å². The predicted molar refractivity (Wildman–Crippen MR) is 70.7 cm³/mol. The third-order valence-electron chi connectivity index (χ3n) is 2.87. The molecule has 0 fully saturated rings. The Morgan fingerprint density at radius 2 is 1.94 bits per heavy atom. The van der Waals surface area contributed by atoms with Gasteiger partial charge in [0.05, 0.1) is 7.11 Å². The second-order valence-electron chi connectivity index (χ2n) is 5.33. The zero-order chi connectivity index (χ0) is 13.1. The van der Waals surface area contributed by atoms with Crippen molar-refractivity contribution in [3.63, 3.8) is 0 Å². The van der Waals surface area contributed by atoms with Crippen molar-refractivity contribution in [1.82, 2.24) is 0 Å². The van der Waals surface area contributed by atoms with E-state index < -0.39 is 0 Å². The zero-order valence-corrected chi connectivity index (χ0v) is 11.2. The number of phenols is 1. The van der Waals surface area contributed by atoms with Gasteiger partial charge in [-0.3, -0.25) is 0 Å². The summed E-state index contributed by atoms with van der Waals surface area (Å²) in [6.45, 7) is 7.02. The molecular weight excluding hydrogens is 214 g/mol. The van der Waals surface area contributed by atoms with Crippen molar-refractivity contribution in [2.75, 3.05) is 13.7 Å². The van der Waals surface area contributed by atoms with Gasteiger partial charge in [-0.2, -0.15) is 0 Å². The number of hydrogen-bond donors (Lipinski definition) is 2. The van der Waals surface area contributed by atoms with E-state index in [1.807, 2.05) is 0 Å². The van der Waals surface area contributed by atoms with Crippen LogP contribution in [0, 0.1) is 0 Å². The molecule has 0 saturated heterocycles. The first-order valence-corrected chi connectivity index (χ1v) is 6.00. The summed E-state index contributed by atoms with van der Waals surface area (Å²) in [7, 11) is 1.58. The summed E-state index contributed by atoms with van der Waals surface area (Å²) in [6.07, 6.45) is 1.72. The van der Waals surface area contributed by atoms with E-state index in [0.717, 1.165) is 24.0 Å². The van der Waals surface area contributed by atoms with Crippen molar-refractivity contribution in [3.05, 3.63) is 23.3 Å². The van der Waals surface area contributed by atoms with Crippen LogP contribution in [0.3, 0.4) is 0 Å². The summed E-state index contributed by atoms with van der Waals surface area (Å²) in [5.74, 6) is 0.790. The van der Waals surface area contributed by atoms with Gasteiger partial charge in [-0.1, -0.05) is 26.8 Å². The Kier molecular flexibility index (Phi) is 4.40. The van der Waals surface area contributed by atoms with E-state index in [0.29, 0.717) is 12.3 Å². The van der Waals surface area contributed by atoms with E-state index >= 15 is 0 Å². The van der Waals surface area contributed by atoms with Crippen LogP contribution in [0.4, 0.5) is 0 Å². The SMILES string of the molecule is COc1c(O)cc(C(C)(C)C)cc1CCCN. The highest BCUT2D eigenvalue weighted by Gasteiger charge is 2.18. The molecule has 3 nitrogen and oxygen atoms in total. The monoisotopic (exact) mass is 237 g/mol. The molecule has 96 valence electrons. The molecule has 1 rings (SSSR count). The van der Waals surface area contributed by atoms with Gasteiger partial charge in [-0.15, -0.1) is 0 Å². The smallest absolute Gasteiger partial charge is 0.163 e. The first kappa shape index (κ1) is 13.8. The molecule has 0 unspecified atom stereocenters. The Hall–Kier alpha value is -1.22. The van der Waals surface area contributed by atoms with Crippen molar-refractivity contribution in [3.8, 4) is 11.5 Å². The third kappa shape index (κ3) is 3.37. The van der Waals surface area contributed by atoms with Gasteiger partial charge < -0.3 is 15.6 Å². The molecule has 1 aromatic rings. The molecule has 3 heteroatoms. The lowest BCUT2D eigenvalue weighted by Crippen LogP contribution is -2.12. The lowest BCUT2D eigenvalue weighted by atomic mass is 9.85. The topological polar surface area (TPSA) is 55.5 Å². The molecule has 17 heavy (non-hydrogen) atoms. The van der Waals surface area contributed by atoms with Crippen LogP contribution < -0.4 is 10.5 Å². The number of benzene rings is 1. The highest BCUT2D eigenvalue weighted by Crippen LogP contribution is 2.36. The van der Waals surface area contributed by atoms with Crippen LogP contribution in [0.5, 0.6) is 11.5 Å². The van der Waals surface area contributed by atoms with Crippen LogP contribution in [0.2, 0.25) is 0 Å². The van der Waals surface area contributed by atoms with E-state index in [2.05, 4.69) is 26.8 Å². The first-order valence-electron chi connectivity index (χ1n) is 6.00. The van der Waals surface area contributed by atoms with Crippen molar-refractivity contribution in [2.45, 2.75) is 39.0 Å². The summed E-state index contributed by atoms with van der Waals surface area (Å²) in [5, 5.41) is 9.98. The largest absolute Gasteiger partial charge is 0.504 e. The zero-order valence-electron chi connectivity index (χ0n) is 11.2. The van der Waals surface area contributed by atoms with Gasteiger partial charge in [0.15, 0.2) is 11.5 Å². The summed E-state index contributed by atoms with van der Waals surface area (Å²) in [6, 6.07) is 3.89. The van der Waals surface area contributed by atoms with E-state index in [4.69, 9.17) is 10.5 Å². The molecule has 0 aliphatic heterocycles. The van der Waals surface area contributed by atoms with Gasteiger partial charge in [-0.05, 0) is 42.0 Å². The van der Waals surface area contributed by atoms with Gasteiger partial charge in [0.2, 0.25) is 0 Å². The van der Waals surface area contributed by atoms with Crippen LogP contribution in [-0.2, 0) is 11.8 Å². The fourth-order valence-corrected chi connectivity index (χ4v) is 1.82. The molecule has 0 bridgehead atoms. The molecule has 0 saturated carbocycles. The minimum absolute atomic E-state index is 0.0151. The number of aromatic hydroxyl groups is 1. The number of rotatable bonds is 4. The first-order chi connectivity index (χ1) is 7.90. The van der Waals surface area contributed by atoms with Gasteiger partial charge in [0.1, 0.15) is 0 Å². The van der Waals surface area contributed by atoms with Crippen molar-refractivity contribution < 1.29 is 9.84 Å². The molecule has 0 atom stereocenters. The predicted octanol–water partition coefficient (Wildman–Crippen LogP) is 2.59. The maximum absolute atomic E-state index is 9.98. The molecule has 0 heterocycles. The number of hydrogen-bond acceptors (Lipinski definition) is 3. The quantitative estimate of drug-likeness (QED) is 0.846. The number of methoxy groups -OCH3 is 1. The Morgan fingerprint density at radius 1 is 1.29 bits per heavy atom. The lowest BCUT2D eigenvalue weighted by Gasteiger charge is -2.22. The average molecular weight is 237 g/mol. The van der Waals surface area contributed by atoms with E-state index in [-0.39, 0.29) is 11.2 Å². The molecule has 1 aromatic carbocycles. The van der Waals surface area contributed by atoms with Crippen molar-refractivity contribution >= 4 is 0 Å². The molecule has 0 spiro atoms. The van der Waals surface area contributed by atoms with Crippen LogP contribution >= 0.6 is 0 Å². The summed E-state index contributed by atoms with van der Waals surface area (Å²) < 4.78 is 5.25. The Morgan fingerprint density at radius 3 is 2.41 bits per heavy atom.